The van der Waals surface area contributed by atoms with Crippen LogP contribution in [0.4, 0.5) is 0 Å². The maximum Gasteiger partial charge on any atom is 0.212 e. The minimum atomic E-state index is 0. The second-order valence-corrected chi connectivity index (χ2v) is 6.64. The van der Waals surface area contributed by atoms with Gasteiger partial charge in [0, 0.05) is 23.1 Å². The van der Waals surface area contributed by atoms with Gasteiger partial charge in [0.1, 0.15) is 0 Å². The number of aliphatic imine (C=N–C) groups is 1. The highest BCUT2D eigenvalue weighted by molar-refractivity contribution is 14.0. The molecule has 154 valence electrons. The standard InChI is InChI=1S/C22H24Cl2N4.HI/c1-3-25-22(26-4-2)28-27-21(15-9-17-5-11-19(23)12-6-17)16-10-18-7-13-20(24)14-8-18;/h5-16H,3-4H2,1-2H3,(H2,25,26,28);1H/b15-9+,16-10+;. The van der Waals surface area contributed by atoms with Crippen LogP contribution in [0.15, 0.2) is 70.8 Å². The van der Waals surface area contributed by atoms with E-state index < -0.39 is 0 Å². The molecule has 0 fully saturated rings. The van der Waals surface area contributed by atoms with Gasteiger partial charge in [0.15, 0.2) is 0 Å². The molecule has 0 heterocycles. The SMILES string of the molecule is CCN=C(NCC)NN=C(/C=C/c1ccc(Cl)cc1)/C=C/c1ccc(Cl)cc1.I. The van der Waals surface area contributed by atoms with Crippen LogP contribution in [-0.4, -0.2) is 24.8 Å². The monoisotopic (exact) mass is 542 g/mol. The summed E-state index contributed by atoms with van der Waals surface area (Å²) in [5.41, 5.74) is 5.80. The number of allylic oxidation sites excluding steroid dienone is 2. The van der Waals surface area contributed by atoms with Gasteiger partial charge >= 0.3 is 0 Å². The number of nitrogens with zero attached hydrogens (tertiary/aromatic N) is 2. The summed E-state index contributed by atoms with van der Waals surface area (Å²) in [7, 11) is 0. The number of hydrazone groups is 1. The van der Waals surface area contributed by atoms with Gasteiger partial charge in [0.2, 0.25) is 5.96 Å². The third-order valence-electron chi connectivity index (χ3n) is 3.58. The van der Waals surface area contributed by atoms with Crippen LogP contribution in [0.2, 0.25) is 10.0 Å². The number of hydrogen-bond acceptors (Lipinski definition) is 2. The van der Waals surface area contributed by atoms with E-state index in [9.17, 15) is 0 Å². The van der Waals surface area contributed by atoms with Crippen molar-refractivity contribution in [2.75, 3.05) is 13.1 Å². The Morgan fingerprint density at radius 3 is 1.76 bits per heavy atom. The first-order chi connectivity index (χ1) is 13.6. The average Bonchev–Trinajstić information content (AvgIpc) is 2.70. The summed E-state index contributed by atoms with van der Waals surface area (Å²) in [6.45, 7) is 5.42. The number of guanidine groups is 1. The largest absolute Gasteiger partial charge is 0.355 e. The third-order valence-corrected chi connectivity index (χ3v) is 4.09. The van der Waals surface area contributed by atoms with Crippen LogP contribution in [0.25, 0.3) is 12.2 Å². The molecule has 0 aromatic heterocycles. The van der Waals surface area contributed by atoms with Gasteiger partial charge in [-0.1, -0.05) is 59.6 Å². The quantitative estimate of drug-likeness (QED) is 0.187. The van der Waals surface area contributed by atoms with E-state index in [1.165, 1.54) is 0 Å². The Bertz CT molecular complexity index is 800. The van der Waals surface area contributed by atoms with E-state index >= 15 is 0 Å². The van der Waals surface area contributed by atoms with Crippen LogP contribution < -0.4 is 10.7 Å². The lowest BCUT2D eigenvalue weighted by Gasteiger charge is -2.07. The zero-order valence-electron chi connectivity index (χ0n) is 16.4. The molecule has 2 aromatic carbocycles. The maximum atomic E-state index is 5.95. The molecule has 0 saturated carbocycles. The predicted molar refractivity (Wildman–Crippen MR) is 139 cm³/mol. The lowest BCUT2D eigenvalue weighted by molar-refractivity contribution is 0.861. The molecule has 0 radical (unpaired) electrons. The fraction of sp³-hybridized carbons (Fsp3) is 0.182. The van der Waals surface area contributed by atoms with Crippen molar-refractivity contribution in [3.63, 3.8) is 0 Å². The van der Waals surface area contributed by atoms with Crippen molar-refractivity contribution in [3.05, 3.63) is 81.9 Å². The zero-order valence-corrected chi connectivity index (χ0v) is 20.2. The van der Waals surface area contributed by atoms with Crippen LogP contribution in [0.5, 0.6) is 0 Å². The molecule has 4 nitrogen and oxygen atoms in total. The Morgan fingerprint density at radius 2 is 1.34 bits per heavy atom. The molecule has 0 unspecified atom stereocenters. The molecule has 29 heavy (non-hydrogen) atoms. The van der Waals surface area contributed by atoms with E-state index in [2.05, 4.69) is 20.8 Å². The molecule has 0 amide bonds. The Balaban J connectivity index is 0.00000420. The molecule has 0 aliphatic rings. The van der Waals surface area contributed by atoms with E-state index in [4.69, 9.17) is 23.2 Å². The first-order valence-corrected chi connectivity index (χ1v) is 9.85. The number of benzene rings is 2. The molecule has 2 rings (SSSR count). The molecule has 0 saturated heterocycles. The highest BCUT2D eigenvalue weighted by atomic mass is 127. The van der Waals surface area contributed by atoms with Gasteiger partial charge in [-0.2, -0.15) is 5.10 Å². The Kier molecular flexibility index (Phi) is 12.3. The van der Waals surface area contributed by atoms with Gasteiger partial charge in [-0.15, -0.1) is 24.0 Å². The average molecular weight is 543 g/mol. The van der Waals surface area contributed by atoms with Gasteiger partial charge in [0.25, 0.3) is 0 Å². The third kappa shape index (κ3) is 9.96. The Labute approximate surface area is 199 Å². The number of halogens is 3. The van der Waals surface area contributed by atoms with Crippen molar-refractivity contribution in [2.24, 2.45) is 10.1 Å². The van der Waals surface area contributed by atoms with E-state index in [1.54, 1.807) is 0 Å². The zero-order chi connectivity index (χ0) is 20.2. The number of nitrogens with one attached hydrogen (secondary N) is 2. The molecule has 0 aliphatic heterocycles. The van der Waals surface area contributed by atoms with Gasteiger partial charge in [-0.3, -0.25) is 4.99 Å². The molecule has 2 N–H and O–H groups in total. The van der Waals surface area contributed by atoms with Crippen molar-refractivity contribution in [2.45, 2.75) is 13.8 Å². The topological polar surface area (TPSA) is 48.8 Å². The summed E-state index contributed by atoms with van der Waals surface area (Å²) < 4.78 is 0. The lowest BCUT2D eigenvalue weighted by Crippen LogP contribution is -2.34. The van der Waals surface area contributed by atoms with Crippen LogP contribution in [0.1, 0.15) is 25.0 Å². The number of rotatable bonds is 7. The first-order valence-electron chi connectivity index (χ1n) is 9.10. The van der Waals surface area contributed by atoms with Gasteiger partial charge < -0.3 is 5.32 Å². The summed E-state index contributed by atoms with van der Waals surface area (Å²) in [6.07, 6.45) is 7.82. The highest BCUT2D eigenvalue weighted by Gasteiger charge is 1.96. The molecule has 0 spiro atoms. The number of hydrogen-bond donors (Lipinski definition) is 2. The lowest BCUT2D eigenvalue weighted by atomic mass is 10.1. The van der Waals surface area contributed by atoms with E-state index in [0.29, 0.717) is 22.5 Å². The highest BCUT2D eigenvalue weighted by Crippen LogP contribution is 2.12. The van der Waals surface area contributed by atoms with Crippen molar-refractivity contribution in [1.29, 1.82) is 0 Å². The molecular formula is C22H25Cl2IN4. The Hall–Kier alpha value is -1.83. The van der Waals surface area contributed by atoms with Crippen molar-refractivity contribution < 1.29 is 0 Å². The molecular weight excluding hydrogens is 518 g/mol. The summed E-state index contributed by atoms with van der Waals surface area (Å²) in [5.74, 6) is 0.641. The second-order valence-electron chi connectivity index (χ2n) is 5.77. The molecule has 0 atom stereocenters. The van der Waals surface area contributed by atoms with Crippen LogP contribution in [-0.2, 0) is 0 Å². The first kappa shape index (κ1) is 25.2. The Morgan fingerprint density at radius 1 is 0.862 bits per heavy atom. The fourth-order valence-electron chi connectivity index (χ4n) is 2.21. The minimum absolute atomic E-state index is 0. The van der Waals surface area contributed by atoms with Crippen molar-refractivity contribution in [3.8, 4) is 0 Å². The molecule has 0 bridgehead atoms. The van der Waals surface area contributed by atoms with Gasteiger partial charge in [0.05, 0.1) is 5.71 Å². The van der Waals surface area contributed by atoms with E-state index in [1.807, 2.05) is 86.7 Å². The summed E-state index contributed by atoms with van der Waals surface area (Å²) in [6, 6.07) is 15.2. The fourth-order valence-corrected chi connectivity index (χ4v) is 2.47. The van der Waals surface area contributed by atoms with Gasteiger partial charge in [-0.05, 0) is 61.4 Å². The van der Waals surface area contributed by atoms with Crippen LogP contribution in [0, 0.1) is 0 Å². The molecule has 0 aliphatic carbocycles. The second kappa shape index (κ2) is 14.2. The van der Waals surface area contributed by atoms with Crippen molar-refractivity contribution in [1.82, 2.24) is 10.7 Å². The molecule has 7 heteroatoms. The van der Waals surface area contributed by atoms with Gasteiger partial charge in [-0.25, -0.2) is 5.43 Å². The smallest absolute Gasteiger partial charge is 0.212 e. The van der Waals surface area contributed by atoms with E-state index in [0.717, 1.165) is 23.4 Å². The predicted octanol–water partition coefficient (Wildman–Crippen LogP) is 6.27. The summed E-state index contributed by atoms with van der Waals surface area (Å²) in [4.78, 5) is 4.35. The normalized spacial score (nSPS) is 11.4. The maximum absolute atomic E-state index is 5.95. The van der Waals surface area contributed by atoms with Crippen LogP contribution in [0.3, 0.4) is 0 Å². The summed E-state index contributed by atoms with van der Waals surface area (Å²) in [5, 5.41) is 9.05. The van der Waals surface area contributed by atoms with Crippen LogP contribution >= 0.6 is 47.2 Å². The summed E-state index contributed by atoms with van der Waals surface area (Å²) >= 11 is 11.9. The molecule has 2 aromatic rings. The van der Waals surface area contributed by atoms with Crippen molar-refractivity contribution >= 4 is 71.0 Å². The van der Waals surface area contributed by atoms with E-state index in [-0.39, 0.29) is 24.0 Å². The minimum Gasteiger partial charge on any atom is -0.355 e.